The van der Waals surface area contributed by atoms with Gasteiger partial charge in [-0.2, -0.15) is 0 Å². The van der Waals surface area contributed by atoms with Gasteiger partial charge in [0, 0.05) is 5.02 Å². The minimum atomic E-state index is -3.33. The number of carbonyl (C=O) groups excluding carboxylic acids is 1. The summed E-state index contributed by atoms with van der Waals surface area (Å²) in [7, 11) is -3.33. The molecule has 3 aromatic rings. The summed E-state index contributed by atoms with van der Waals surface area (Å²) < 4.78 is 30.4. The molecule has 154 valence electrons. The van der Waals surface area contributed by atoms with Crippen molar-refractivity contribution in [2.75, 3.05) is 11.1 Å². The molecular weight excluding hydrogens is 424 g/mol. The second kappa shape index (κ2) is 8.38. The number of benzene rings is 3. The number of hydrogen-bond donors (Lipinski definition) is 2. The summed E-state index contributed by atoms with van der Waals surface area (Å²) in [6.45, 7) is 0. The van der Waals surface area contributed by atoms with Gasteiger partial charge >= 0.3 is 6.03 Å². The highest BCUT2D eigenvalue weighted by molar-refractivity contribution is 7.91. The Morgan fingerprint density at radius 2 is 1.73 bits per heavy atom. The molecule has 0 aromatic heterocycles. The number of nitrogens with one attached hydrogen (secondary N) is 2. The Kier molecular flexibility index (Phi) is 5.65. The van der Waals surface area contributed by atoms with Gasteiger partial charge in [0.15, 0.2) is 15.6 Å². The highest BCUT2D eigenvalue weighted by atomic mass is 35.5. The summed E-state index contributed by atoms with van der Waals surface area (Å²) in [5, 5.41) is 6.06. The third-order valence-corrected chi connectivity index (χ3v) is 6.82. The topological polar surface area (TPSA) is 84.5 Å². The maximum Gasteiger partial charge on any atom is 0.319 e. The van der Waals surface area contributed by atoms with Crippen LogP contribution in [0.5, 0.6) is 11.5 Å². The number of ether oxygens (including phenoxy) is 1. The second-order valence-electron chi connectivity index (χ2n) is 6.85. The normalized spacial score (nSPS) is 16.9. The standard InChI is InChI=1S/C22H19ClN2O4S/c23-15-10-11-20(29-16-6-2-1-3-7-16)19(14-15)25-22(26)24-18-12-13-30(27,28)21-9-5-4-8-17(18)21/h1-11,14,18H,12-13H2,(H2,24,25,26). The summed E-state index contributed by atoms with van der Waals surface area (Å²) in [5.41, 5.74) is 0.992. The summed E-state index contributed by atoms with van der Waals surface area (Å²) in [6, 6.07) is 20.0. The average Bonchev–Trinajstić information content (AvgIpc) is 2.73. The number of urea groups is 1. The Bertz CT molecular complexity index is 1180. The molecule has 8 heteroatoms. The van der Waals surface area contributed by atoms with E-state index in [1.54, 1.807) is 54.6 Å². The minimum Gasteiger partial charge on any atom is -0.455 e. The van der Waals surface area contributed by atoms with Crippen molar-refractivity contribution < 1.29 is 17.9 Å². The molecule has 0 saturated carbocycles. The van der Waals surface area contributed by atoms with E-state index in [1.807, 2.05) is 18.2 Å². The van der Waals surface area contributed by atoms with Crippen molar-refractivity contribution in [1.82, 2.24) is 5.32 Å². The SMILES string of the molecule is O=C(Nc1cc(Cl)ccc1Oc1ccccc1)NC1CCS(=O)(=O)c2ccccc21. The molecule has 1 unspecified atom stereocenters. The van der Waals surface area contributed by atoms with E-state index >= 15 is 0 Å². The quantitative estimate of drug-likeness (QED) is 0.583. The summed E-state index contributed by atoms with van der Waals surface area (Å²) in [6.07, 6.45) is 0.301. The molecule has 1 aliphatic heterocycles. The van der Waals surface area contributed by atoms with E-state index in [4.69, 9.17) is 16.3 Å². The molecule has 4 rings (SSSR count). The Morgan fingerprint density at radius 1 is 1.00 bits per heavy atom. The first-order valence-electron chi connectivity index (χ1n) is 9.34. The third kappa shape index (κ3) is 4.42. The Hall–Kier alpha value is -3.03. The highest BCUT2D eigenvalue weighted by Crippen LogP contribution is 2.34. The minimum absolute atomic E-state index is 0.0194. The molecule has 2 N–H and O–H groups in total. The number of sulfone groups is 1. The molecule has 1 atom stereocenters. The predicted molar refractivity (Wildman–Crippen MR) is 116 cm³/mol. The van der Waals surface area contributed by atoms with Crippen LogP contribution in [0.1, 0.15) is 18.0 Å². The van der Waals surface area contributed by atoms with Crippen LogP contribution < -0.4 is 15.4 Å². The zero-order chi connectivity index (χ0) is 21.1. The highest BCUT2D eigenvalue weighted by Gasteiger charge is 2.30. The first kappa shape index (κ1) is 20.3. The van der Waals surface area contributed by atoms with Crippen LogP contribution in [-0.4, -0.2) is 20.2 Å². The largest absolute Gasteiger partial charge is 0.455 e. The van der Waals surface area contributed by atoms with Crippen molar-refractivity contribution in [3.05, 3.63) is 83.4 Å². The lowest BCUT2D eigenvalue weighted by Gasteiger charge is -2.26. The molecule has 0 spiro atoms. The smallest absolute Gasteiger partial charge is 0.319 e. The van der Waals surface area contributed by atoms with Crippen LogP contribution in [0.2, 0.25) is 5.02 Å². The van der Waals surface area contributed by atoms with E-state index in [0.717, 1.165) is 0 Å². The fourth-order valence-electron chi connectivity index (χ4n) is 3.36. The number of rotatable bonds is 4. The molecule has 0 fully saturated rings. The molecule has 1 aliphatic rings. The van der Waals surface area contributed by atoms with Crippen molar-refractivity contribution in [3.63, 3.8) is 0 Å². The van der Waals surface area contributed by atoms with Crippen molar-refractivity contribution in [1.29, 1.82) is 0 Å². The van der Waals surface area contributed by atoms with E-state index in [9.17, 15) is 13.2 Å². The van der Waals surface area contributed by atoms with Gasteiger partial charge in [0.05, 0.1) is 22.4 Å². The zero-order valence-electron chi connectivity index (χ0n) is 15.8. The van der Waals surface area contributed by atoms with Gasteiger partial charge in [-0.25, -0.2) is 13.2 Å². The first-order valence-corrected chi connectivity index (χ1v) is 11.4. The predicted octanol–water partition coefficient (Wildman–Crippen LogP) is 5.17. The van der Waals surface area contributed by atoms with E-state index in [1.165, 1.54) is 0 Å². The van der Waals surface area contributed by atoms with Crippen LogP contribution in [0, 0.1) is 0 Å². The fraction of sp³-hybridized carbons (Fsp3) is 0.136. The van der Waals surface area contributed by atoms with Gasteiger partial charge in [0.25, 0.3) is 0 Å². The van der Waals surface area contributed by atoms with E-state index in [-0.39, 0.29) is 10.6 Å². The van der Waals surface area contributed by atoms with E-state index in [0.29, 0.717) is 34.2 Å². The molecule has 0 bridgehead atoms. The van der Waals surface area contributed by atoms with Gasteiger partial charge in [-0.1, -0.05) is 48.0 Å². The molecule has 0 radical (unpaired) electrons. The van der Waals surface area contributed by atoms with Gasteiger partial charge < -0.3 is 15.4 Å². The summed E-state index contributed by atoms with van der Waals surface area (Å²) in [4.78, 5) is 13.0. The van der Waals surface area contributed by atoms with Gasteiger partial charge in [0.2, 0.25) is 0 Å². The van der Waals surface area contributed by atoms with Crippen LogP contribution in [0.3, 0.4) is 0 Å². The van der Waals surface area contributed by atoms with Crippen LogP contribution in [0.15, 0.2) is 77.7 Å². The van der Waals surface area contributed by atoms with E-state index in [2.05, 4.69) is 10.6 Å². The Balaban J connectivity index is 1.53. The fourth-order valence-corrected chi connectivity index (χ4v) is 5.15. The number of para-hydroxylation sites is 1. The number of fused-ring (bicyclic) bond motifs is 1. The molecule has 2 amide bonds. The van der Waals surface area contributed by atoms with Gasteiger partial charge in [0.1, 0.15) is 5.75 Å². The number of hydrogen-bond acceptors (Lipinski definition) is 4. The Morgan fingerprint density at radius 3 is 2.53 bits per heavy atom. The number of carbonyl (C=O) groups is 1. The van der Waals surface area contributed by atoms with Crippen molar-refractivity contribution in [2.24, 2.45) is 0 Å². The van der Waals surface area contributed by atoms with Crippen LogP contribution in [0.25, 0.3) is 0 Å². The first-order chi connectivity index (χ1) is 14.4. The lowest BCUT2D eigenvalue weighted by molar-refractivity contribution is 0.247. The lowest BCUT2D eigenvalue weighted by atomic mass is 10.0. The van der Waals surface area contributed by atoms with Gasteiger partial charge in [-0.3, -0.25) is 0 Å². The number of anilines is 1. The monoisotopic (exact) mass is 442 g/mol. The summed E-state index contributed by atoms with van der Waals surface area (Å²) >= 11 is 6.10. The number of halogens is 1. The van der Waals surface area contributed by atoms with Crippen molar-refractivity contribution >= 4 is 33.2 Å². The molecule has 0 aliphatic carbocycles. The third-order valence-electron chi connectivity index (χ3n) is 4.77. The second-order valence-corrected chi connectivity index (χ2v) is 9.37. The number of amides is 2. The maximum absolute atomic E-state index is 12.7. The van der Waals surface area contributed by atoms with Crippen LogP contribution in [-0.2, 0) is 9.84 Å². The molecule has 3 aromatic carbocycles. The van der Waals surface area contributed by atoms with Crippen molar-refractivity contribution in [2.45, 2.75) is 17.4 Å². The maximum atomic E-state index is 12.7. The lowest BCUT2D eigenvalue weighted by Crippen LogP contribution is -2.36. The molecular formula is C22H19ClN2O4S. The molecule has 6 nitrogen and oxygen atoms in total. The Labute approximate surface area is 179 Å². The van der Waals surface area contributed by atoms with Gasteiger partial charge in [-0.15, -0.1) is 0 Å². The zero-order valence-corrected chi connectivity index (χ0v) is 17.4. The van der Waals surface area contributed by atoms with Crippen LogP contribution >= 0.6 is 11.6 Å². The van der Waals surface area contributed by atoms with E-state index < -0.39 is 21.9 Å². The summed E-state index contributed by atoms with van der Waals surface area (Å²) in [5.74, 6) is 1.04. The average molecular weight is 443 g/mol. The molecule has 30 heavy (non-hydrogen) atoms. The van der Waals surface area contributed by atoms with Gasteiger partial charge in [-0.05, 0) is 48.4 Å². The molecule has 0 saturated heterocycles. The van der Waals surface area contributed by atoms with Crippen molar-refractivity contribution in [3.8, 4) is 11.5 Å². The molecule has 1 heterocycles. The van der Waals surface area contributed by atoms with Crippen LogP contribution in [0.4, 0.5) is 10.5 Å².